The minimum atomic E-state index is -0.777. The first-order valence-electron chi connectivity index (χ1n) is 6.03. The summed E-state index contributed by atoms with van der Waals surface area (Å²) in [6.45, 7) is 7.29. The molecule has 0 aliphatic rings. The quantitative estimate of drug-likeness (QED) is 0.761. The molecule has 2 N–H and O–H groups in total. The molecular formula is C14H21NO3. The third-order valence-corrected chi connectivity index (χ3v) is 3.17. The van der Waals surface area contributed by atoms with Gasteiger partial charge in [-0.3, -0.25) is 4.79 Å². The fourth-order valence-corrected chi connectivity index (χ4v) is 2.06. The maximum atomic E-state index is 10.4. The summed E-state index contributed by atoms with van der Waals surface area (Å²) >= 11 is 0. The van der Waals surface area contributed by atoms with E-state index in [-0.39, 0.29) is 6.42 Å². The van der Waals surface area contributed by atoms with Gasteiger partial charge >= 0.3 is 5.97 Å². The van der Waals surface area contributed by atoms with E-state index in [2.05, 4.69) is 18.3 Å². The molecule has 0 spiro atoms. The fraction of sp³-hybridized carbons (Fsp3) is 0.500. The largest absolute Gasteiger partial charge is 0.496 e. The van der Waals surface area contributed by atoms with Gasteiger partial charge in [0, 0.05) is 13.1 Å². The Bertz CT molecular complexity index is 441. The molecule has 0 fully saturated rings. The molecule has 0 amide bonds. The summed E-state index contributed by atoms with van der Waals surface area (Å²) in [5.74, 6) is 0.156. The number of aliphatic carboxylic acids is 1. The molecular weight excluding hydrogens is 230 g/mol. The highest BCUT2D eigenvalue weighted by Gasteiger charge is 2.10. The van der Waals surface area contributed by atoms with Crippen molar-refractivity contribution in [1.29, 1.82) is 0 Å². The minimum Gasteiger partial charge on any atom is -0.496 e. The van der Waals surface area contributed by atoms with Crippen LogP contribution in [0.25, 0.3) is 0 Å². The average molecular weight is 251 g/mol. The molecule has 4 heteroatoms. The third kappa shape index (κ3) is 3.47. The van der Waals surface area contributed by atoms with E-state index in [1.165, 1.54) is 11.1 Å². The van der Waals surface area contributed by atoms with Crippen LogP contribution in [0.2, 0.25) is 0 Å². The fourth-order valence-electron chi connectivity index (χ4n) is 2.06. The smallest absolute Gasteiger partial charge is 0.304 e. The highest BCUT2D eigenvalue weighted by atomic mass is 16.5. The Hall–Kier alpha value is -1.55. The highest BCUT2D eigenvalue weighted by molar-refractivity contribution is 5.66. The number of hydrogen-bond acceptors (Lipinski definition) is 3. The molecule has 0 saturated carbocycles. The van der Waals surface area contributed by atoms with Gasteiger partial charge in [0.1, 0.15) is 5.75 Å². The Kier molecular flexibility index (Phi) is 5.16. The number of carbonyl (C=O) groups is 1. The first-order valence-corrected chi connectivity index (χ1v) is 6.03. The van der Waals surface area contributed by atoms with E-state index in [4.69, 9.17) is 9.84 Å². The van der Waals surface area contributed by atoms with Crippen LogP contribution in [0.15, 0.2) is 6.07 Å². The number of hydrogen-bond donors (Lipinski definition) is 2. The number of methoxy groups -OCH3 is 1. The van der Waals surface area contributed by atoms with Crippen molar-refractivity contribution in [2.75, 3.05) is 13.7 Å². The zero-order valence-corrected chi connectivity index (χ0v) is 11.5. The average Bonchev–Trinajstić information content (AvgIpc) is 2.31. The van der Waals surface area contributed by atoms with Gasteiger partial charge < -0.3 is 15.2 Å². The van der Waals surface area contributed by atoms with Gasteiger partial charge in [-0.1, -0.05) is 6.07 Å². The number of nitrogens with one attached hydrogen (secondary N) is 1. The predicted molar refractivity (Wildman–Crippen MR) is 71.2 cm³/mol. The molecule has 0 bridgehead atoms. The van der Waals surface area contributed by atoms with Crippen molar-refractivity contribution in [2.45, 2.75) is 33.7 Å². The van der Waals surface area contributed by atoms with Crippen molar-refractivity contribution in [3.63, 3.8) is 0 Å². The summed E-state index contributed by atoms with van der Waals surface area (Å²) in [5, 5.41) is 11.7. The lowest BCUT2D eigenvalue weighted by Gasteiger charge is -2.16. The first kappa shape index (κ1) is 14.5. The van der Waals surface area contributed by atoms with Crippen LogP contribution in [0.1, 0.15) is 28.7 Å². The van der Waals surface area contributed by atoms with Gasteiger partial charge in [-0.25, -0.2) is 0 Å². The van der Waals surface area contributed by atoms with Crippen LogP contribution >= 0.6 is 0 Å². The predicted octanol–water partition coefficient (Wildman–Crippen LogP) is 2.18. The zero-order valence-electron chi connectivity index (χ0n) is 11.5. The SMILES string of the molecule is COc1c(C)cc(CNCCC(=O)O)c(C)c1C. The van der Waals surface area contributed by atoms with Crippen LogP contribution in [0, 0.1) is 20.8 Å². The van der Waals surface area contributed by atoms with Crippen LogP contribution in [-0.4, -0.2) is 24.7 Å². The van der Waals surface area contributed by atoms with Crippen LogP contribution in [-0.2, 0) is 11.3 Å². The summed E-state index contributed by atoms with van der Waals surface area (Å²) in [4.78, 5) is 10.4. The molecule has 4 nitrogen and oxygen atoms in total. The zero-order chi connectivity index (χ0) is 13.7. The van der Waals surface area contributed by atoms with Gasteiger partial charge in [-0.15, -0.1) is 0 Å². The van der Waals surface area contributed by atoms with Gasteiger partial charge in [0.05, 0.1) is 13.5 Å². The summed E-state index contributed by atoms with van der Waals surface area (Å²) in [6.07, 6.45) is 0.146. The molecule has 0 saturated heterocycles. The highest BCUT2D eigenvalue weighted by Crippen LogP contribution is 2.28. The number of carboxylic acid groups (broad SMARTS) is 1. The van der Waals surface area contributed by atoms with Crippen molar-refractivity contribution in [3.05, 3.63) is 28.3 Å². The van der Waals surface area contributed by atoms with E-state index in [0.29, 0.717) is 13.1 Å². The number of ether oxygens (including phenoxy) is 1. The normalized spacial score (nSPS) is 10.4. The number of aryl methyl sites for hydroxylation is 1. The Labute approximate surface area is 108 Å². The molecule has 0 heterocycles. The van der Waals surface area contributed by atoms with E-state index in [0.717, 1.165) is 16.9 Å². The van der Waals surface area contributed by atoms with Gasteiger partial charge in [0.2, 0.25) is 0 Å². The summed E-state index contributed by atoms with van der Waals surface area (Å²) in [6, 6.07) is 2.09. The molecule has 18 heavy (non-hydrogen) atoms. The Morgan fingerprint density at radius 3 is 2.56 bits per heavy atom. The molecule has 1 rings (SSSR count). The van der Waals surface area contributed by atoms with Crippen molar-refractivity contribution in [2.24, 2.45) is 0 Å². The van der Waals surface area contributed by atoms with Crippen LogP contribution < -0.4 is 10.1 Å². The second-order valence-electron chi connectivity index (χ2n) is 4.46. The van der Waals surface area contributed by atoms with E-state index in [9.17, 15) is 4.79 Å². The van der Waals surface area contributed by atoms with Gasteiger partial charge in [-0.05, 0) is 43.0 Å². The third-order valence-electron chi connectivity index (χ3n) is 3.17. The molecule has 0 unspecified atom stereocenters. The van der Waals surface area contributed by atoms with Gasteiger partial charge in [0.15, 0.2) is 0 Å². The molecule has 0 aliphatic carbocycles. The lowest BCUT2D eigenvalue weighted by Crippen LogP contribution is -2.18. The van der Waals surface area contributed by atoms with E-state index < -0.39 is 5.97 Å². The second kappa shape index (κ2) is 6.40. The van der Waals surface area contributed by atoms with E-state index >= 15 is 0 Å². The van der Waals surface area contributed by atoms with Crippen molar-refractivity contribution in [3.8, 4) is 5.75 Å². The molecule has 0 atom stereocenters. The number of carboxylic acids is 1. The Balaban J connectivity index is 2.75. The monoisotopic (exact) mass is 251 g/mol. The Morgan fingerprint density at radius 1 is 1.33 bits per heavy atom. The Morgan fingerprint density at radius 2 is 2.00 bits per heavy atom. The molecule has 0 aliphatic heterocycles. The maximum Gasteiger partial charge on any atom is 0.304 e. The van der Waals surface area contributed by atoms with E-state index in [1.54, 1.807) is 7.11 Å². The van der Waals surface area contributed by atoms with Crippen molar-refractivity contribution >= 4 is 5.97 Å². The van der Waals surface area contributed by atoms with Crippen LogP contribution in [0.3, 0.4) is 0 Å². The molecule has 1 aromatic carbocycles. The molecule has 0 aromatic heterocycles. The summed E-state index contributed by atoms with van der Waals surface area (Å²) in [5.41, 5.74) is 4.64. The summed E-state index contributed by atoms with van der Waals surface area (Å²) in [7, 11) is 1.68. The lowest BCUT2D eigenvalue weighted by molar-refractivity contribution is -0.136. The van der Waals surface area contributed by atoms with Crippen molar-refractivity contribution in [1.82, 2.24) is 5.32 Å². The molecule has 100 valence electrons. The van der Waals surface area contributed by atoms with E-state index in [1.807, 2.05) is 13.8 Å². The van der Waals surface area contributed by atoms with Crippen LogP contribution in [0.4, 0.5) is 0 Å². The van der Waals surface area contributed by atoms with Crippen molar-refractivity contribution < 1.29 is 14.6 Å². The molecule has 1 aromatic rings. The van der Waals surface area contributed by atoms with Crippen LogP contribution in [0.5, 0.6) is 5.75 Å². The lowest BCUT2D eigenvalue weighted by atomic mass is 9.98. The topological polar surface area (TPSA) is 58.6 Å². The number of benzene rings is 1. The summed E-state index contributed by atoms with van der Waals surface area (Å²) < 4.78 is 5.37. The minimum absolute atomic E-state index is 0.146. The standard InChI is InChI=1S/C14H21NO3/c1-9-7-12(8-15-6-5-13(16)17)10(2)11(3)14(9)18-4/h7,15H,5-6,8H2,1-4H3,(H,16,17). The van der Waals surface area contributed by atoms with Gasteiger partial charge in [0.25, 0.3) is 0 Å². The van der Waals surface area contributed by atoms with Gasteiger partial charge in [-0.2, -0.15) is 0 Å². The molecule has 0 radical (unpaired) electrons. The number of rotatable bonds is 6. The maximum absolute atomic E-state index is 10.4. The first-order chi connectivity index (χ1) is 8.47. The second-order valence-corrected chi connectivity index (χ2v) is 4.46.